The van der Waals surface area contributed by atoms with E-state index >= 15 is 0 Å². The smallest absolute Gasteiger partial charge is 0.324 e. The highest BCUT2D eigenvalue weighted by molar-refractivity contribution is 6.14. The van der Waals surface area contributed by atoms with Gasteiger partial charge < -0.3 is 14.2 Å². The third-order valence-corrected chi connectivity index (χ3v) is 5.59. The summed E-state index contributed by atoms with van der Waals surface area (Å²) < 4.78 is 18.2. The van der Waals surface area contributed by atoms with E-state index in [-0.39, 0.29) is 18.2 Å². The molecule has 3 rings (SSSR count). The molecule has 5 nitrogen and oxygen atoms in total. The highest BCUT2D eigenvalue weighted by Crippen LogP contribution is 2.24. The van der Waals surface area contributed by atoms with Crippen LogP contribution in [0.3, 0.4) is 0 Å². The highest BCUT2D eigenvalue weighted by atomic mass is 35.5. The SMILES string of the molecule is C[C@@H]1OC(=O)[C@@H](NCl)CCC[C@H](Oc2ccccc2)[C@H]1OCCCc1ccccc1. The fourth-order valence-corrected chi connectivity index (χ4v) is 3.92. The minimum atomic E-state index is -0.525. The van der Waals surface area contributed by atoms with Crippen molar-refractivity contribution in [3.05, 3.63) is 66.2 Å². The van der Waals surface area contributed by atoms with Crippen LogP contribution in [0.25, 0.3) is 0 Å². The van der Waals surface area contributed by atoms with Gasteiger partial charge in [-0.3, -0.25) is 4.79 Å². The number of nitrogens with one attached hydrogen (secondary N) is 1. The molecule has 2 aromatic carbocycles. The number of halogens is 1. The molecule has 2 aromatic rings. The van der Waals surface area contributed by atoms with Crippen molar-refractivity contribution < 1.29 is 19.0 Å². The van der Waals surface area contributed by atoms with E-state index in [0.29, 0.717) is 13.0 Å². The van der Waals surface area contributed by atoms with Gasteiger partial charge in [-0.05, 0) is 68.5 Å². The zero-order chi connectivity index (χ0) is 21.2. The van der Waals surface area contributed by atoms with Crippen molar-refractivity contribution in [3.8, 4) is 5.75 Å². The van der Waals surface area contributed by atoms with Gasteiger partial charge in [-0.25, -0.2) is 4.84 Å². The fourth-order valence-electron chi connectivity index (χ4n) is 3.72. The van der Waals surface area contributed by atoms with Crippen LogP contribution in [0.2, 0.25) is 0 Å². The first kappa shape index (κ1) is 22.6. The van der Waals surface area contributed by atoms with Gasteiger partial charge in [0, 0.05) is 6.61 Å². The van der Waals surface area contributed by atoms with Gasteiger partial charge in [-0.2, -0.15) is 0 Å². The second-order valence-corrected chi connectivity index (χ2v) is 7.85. The van der Waals surface area contributed by atoms with Crippen molar-refractivity contribution in [1.82, 2.24) is 4.84 Å². The average molecular weight is 432 g/mol. The van der Waals surface area contributed by atoms with Crippen molar-refractivity contribution in [2.75, 3.05) is 6.61 Å². The Morgan fingerprint density at radius 3 is 2.47 bits per heavy atom. The van der Waals surface area contributed by atoms with Gasteiger partial charge in [0.2, 0.25) is 0 Å². The molecule has 1 heterocycles. The molecule has 1 N–H and O–H groups in total. The Hall–Kier alpha value is -2.08. The minimum absolute atomic E-state index is 0.221. The Balaban J connectivity index is 1.67. The summed E-state index contributed by atoms with van der Waals surface area (Å²) in [5.41, 5.74) is 1.28. The molecule has 1 aliphatic heterocycles. The predicted octanol–water partition coefficient (Wildman–Crippen LogP) is 4.68. The molecule has 0 aliphatic carbocycles. The molecular formula is C24H30ClNO4. The summed E-state index contributed by atoms with van der Waals surface area (Å²) in [4.78, 5) is 15.0. The first-order valence-electron chi connectivity index (χ1n) is 10.6. The Kier molecular flexibility index (Phi) is 9.00. The Labute approximate surface area is 183 Å². The van der Waals surface area contributed by atoms with Crippen molar-refractivity contribution in [2.24, 2.45) is 0 Å². The van der Waals surface area contributed by atoms with Crippen LogP contribution >= 0.6 is 11.8 Å². The van der Waals surface area contributed by atoms with Crippen molar-refractivity contribution >= 4 is 17.7 Å². The van der Waals surface area contributed by atoms with Crippen LogP contribution in [-0.2, 0) is 20.7 Å². The zero-order valence-electron chi connectivity index (χ0n) is 17.3. The van der Waals surface area contributed by atoms with Gasteiger partial charge in [0.15, 0.2) is 0 Å². The summed E-state index contributed by atoms with van der Waals surface area (Å²) in [6, 6.07) is 19.5. The van der Waals surface area contributed by atoms with Crippen LogP contribution in [0.1, 0.15) is 38.2 Å². The van der Waals surface area contributed by atoms with E-state index in [9.17, 15) is 4.79 Å². The maximum atomic E-state index is 12.4. The molecule has 30 heavy (non-hydrogen) atoms. The molecule has 0 bridgehead atoms. The third-order valence-electron chi connectivity index (χ3n) is 5.32. The zero-order valence-corrected chi connectivity index (χ0v) is 18.1. The monoisotopic (exact) mass is 431 g/mol. The molecule has 0 amide bonds. The van der Waals surface area contributed by atoms with Gasteiger partial charge in [-0.1, -0.05) is 48.5 Å². The molecule has 1 saturated heterocycles. The molecular weight excluding hydrogens is 402 g/mol. The number of ether oxygens (including phenoxy) is 3. The lowest BCUT2D eigenvalue weighted by Gasteiger charge is -2.31. The largest absolute Gasteiger partial charge is 0.488 e. The minimum Gasteiger partial charge on any atom is -0.488 e. The second-order valence-electron chi connectivity index (χ2n) is 7.63. The molecule has 0 radical (unpaired) electrons. The summed E-state index contributed by atoms with van der Waals surface area (Å²) >= 11 is 5.75. The van der Waals surface area contributed by atoms with Gasteiger partial charge in [0.05, 0.1) is 0 Å². The number of esters is 1. The molecule has 6 heteroatoms. The maximum Gasteiger partial charge on any atom is 0.324 e. The Morgan fingerprint density at radius 1 is 1.07 bits per heavy atom. The first-order valence-corrected chi connectivity index (χ1v) is 11.0. The number of benzene rings is 2. The number of aryl methyl sites for hydroxylation is 1. The summed E-state index contributed by atoms with van der Waals surface area (Å²) in [5, 5.41) is 0. The van der Waals surface area contributed by atoms with E-state index in [1.165, 1.54) is 5.56 Å². The van der Waals surface area contributed by atoms with Crippen LogP contribution in [0.15, 0.2) is 60.7 Å². The first-order chi connectivity index (χ1) is 14.7. The molecule has 0 saturated carbocycles. The lowest BCUT2D eigenvalue weighted by atomic mass is 10.0. The van der Waals surface area contributed by atoms with E-state index < -0.39 is 12.1 Å². The highest BCUT2D eigenvalue weighted by Gasteiger charge is 2.35. The number of carbonyl (C=O) groups is 1. The van der Waals surface area contributed by atoms with Crippen LogP contribution < -0.4 is 9.57 Å². The molecule has 0 unspecified atom stereocenters. The fraction of sp³-hybridized carbons (Fsp3) is 0.458. The number of para-hydroxylation sites is 1. The Bertz CT molecular complexity index is 758. The summed E-state index contributed by atoms with van der Waals surface area (Å²) in [7, 11) is 0. The third kappa shape index (κ3) is 6.73. The van der Waals surface area contributed by atoms with E-state index in [4.69, 9.17) is 26.0 Å². The standard InChI is InChI=1S/C24H30ClNO4/c1-18-23(28-17-9-12-19-10-4-2-5-11-19)22(30-20-13-6-3-7-14-20)16-8-15-21(26-25)24(27)29-18/h2-7,10-11,13-14,18,21-23,26H,8-9,12,15-17H2,1H3/t18-,21-,22-,23-/m0/s1. The summed E-state index contributed by atoms with van der Waals surface area (Å²) in [6.07, 6.45) is 2.88. The van der Waals surface area contributed by atoms with E-state index in [1.807, 2.05) is 55.5 Å². The number of hydrogen-bond acceptors (Lipinski definition) is 5. The Morgan fingerprint density at radius 2 is 1.77 bits per heavy atom. The lowest BCUT2D eigenvalue weighted by molar-refractivity contribution is -0.162. The summed E-state index contributed by atoms with van der Waals surface area (Å²) in [6.45, 7) is 2.42. The van der Waals surface area contributed by atoms with Gasteiger partial charge >= 0.3 is 5.97 Å². The maximum absolute atomic E-state index is 12.4. The van der Waals surface area contributed by atoms with Crippen LogP contribution in [0, 0.1) is 0 Å². The molecule has 1 aliphatic rings. The topological polar surface area (TPSA) is 56.8 Å². The number of rotatable bonds is 8. The van der Waals surface area contributed by atoms with Crippen LogP contribution in [-0.4, -0.2) is 36.9 Å². The molecule has 1 fully saturated rings. The van der Waals surface area contributed by atoms with Crippen molar-refractivity contribution in [1.29, 1.82) is 0 Å². The normalized spacial score (nSPS) is 24.9. The van der Waals surface area contributed by atoms with Gasteiger partial charge in [0.25, 0.3) is 0 Å². The van der Waals surface area contributed by atoms with Gasteiger partial charge in [-0.15, -0.1) is 0 Å². The lowest BCUT2D eigenvalue weighted by Crippen LogP contribution is -2.44. The number of cyclic esters (lactones) is 1. The second kappa shape index (κ2) is 11.9. The quantitative estimate of drug-likeness (QED) is 0.373. The van der Waals surface area contributed by atoms with E-state index in [2.05, 4.69) is 17.0 Å². The predicted molar refractivity (Wildman–Crippen MR) is 118 cm³/mol. The molecule has 4 atom stereocenters. The van der Waals surface area contributed by atoms with E-state index in [1.54, 1.807) is 0 Å². The number of carbonyl (C=O) groups excluding carboxylic acids is 1. The number of hydrogen-bond donors (Lipinski definition) is 1. The van der Waals surface area contributed by atoms with Crippen molar-refractivity contribution in [3.63, 3.8) is 0 Å². The van der Waals surface area contributed by atoms with E-state index in [0.717, 1.165) is 31.4 Å². The van der Waals surface area contributed by atoms with Crippen molar-refractivity contribution in [2.45, 2.75) is 63.4 Å². The molecule has 0 spiro atoms. The molecule has 162 valence electrons. The summed E-state index contributed by atoms with van der Waals surface area (Å²) in [5.74, 6) is 0.431. The molecule has 0 aromatic heterocycles. The van der Waals surface area contributed by atoms with Crippen LogP contribution in [0.4, 0.5) is 0 Å². The average Bonchev–Trinajstić information content (AvgIpc) is 2.81. The van der Waals surface area contributed by atoms with Gasteiger partial charge in [0.1, 0.15) is 30.1 Å². The van der Waals surface area contributed by atoms with Crippen LogP contribution in [0.5, 0.6) is 5.75 Å².